The van der Waals surface area contributed by atoms with Crippen LogP contribution in [-0.2, 0) is 0 Å². The first-order chi connectivity index (χ1) is 9.11. The lowest BCUT2D eigenvalue weighted by Gasteiger charge is -2.33. The minimum Gasteiger partial charge on any atom is -0.393 e. The maximum absolute atomic E-state index is 12.2. The number of carbonyl (C=O) groups excluding carboxylic acids is 1. The van der Waals surface area contributed by atoms with Gasteiger partial charge in [0.1, 0.15) is 0 Å². The van der Waals surface area contributed by atoms with Gasteiger partial charge >= 0.3 is 0 Å². The summed E-state index contributed by atoms with van der Waals surface area (Å²) in [7, 11) is 0. The zero-order valence-corrected chi connectivity index (χ0v) is 10.9. The summed E-state index contributed by atoms with van der Waals surface area (Å²) in [6, 6.07) is 3.22. The fourth-order valence-corrected chi connectivity index (χ4v) is 2.27. The van der Waals surface area contributed by atoms with Gasteiger partial charge in [0.2, 0.25) is 0 Å². The van der Waals surface area contributed by atoms with Crippen molar-refractivity contribution in [3.63, 3.8) is 0 Å². The maximum atomic E-state index is 12.2. The van der Waals surface area contributed by atoms with E-state index in [4.69, 9.17) is 5.84 Å². The molecule has 0 spiro atoms. The number of aliphatic hydroxyl groups excluding tert-OH is 1. The third kappa shape index (κ3) is 3.18. The molecule has 1 unspecified atom stereocenters. The fourth-order valence-electron chi connectivity index (χ4n) is 2.27. The van der Waals surface area contributed by atoms with Crippen molar-refractivity contribution in [1.29, 1.82) is 0 Å². The number of nitrogens with zero attached hydrogens (tertiary/aromatic N) is 3. The van der Waals surface area contributed by atoms with Crippen LogP contribution in [0.15, 0.2) is 12.1 Å². The summed E-state index contributed by atoms with van der Waals surface area (Å²) in [5.41, 5.74) is 2.68. The molecular weight excluding hydrogens is 246 g/mol. The summed E-state index contributed by atoms with van der Waals surface area (Å²) in [5, 5.41) is 17.2. The van der Waals surface area contributed by atoms with Crippen LogP contribution in [0.4, 0.5) is 5.82 Å². The Kier molecular flexibility index (Phi) is 4.28. The minimum absolute atomic E-state index is 0.125. The monoisotopic (exact) mass is 265 g/mol. The van der Waals surface area contributed by atoms with E-state index in [0.717, 1.165) is 12.8 Å². The number of amides is 1. The van der Waals surface area contributed by atoms with Crippen molar-refractivity contribution in [2.45, 2.75) is 25.9 Å². The Morgan fingerprint density at radius 1 is 1.47 bits per heavy atom. The summed E-state index contributed by atoms with van der Waals surface area (Å²) in [6.45, 7) is 3.09. The molecule has 0 aromatic carbocycles. The quantitative estimate of drug-likeness (QED) is 0.524. The lowest BCUT2D eigenvalue weighted by molar-refractivity contribution is 0.0516. The number of hydrogen-bond donors (Lipinski definition) is 3. The Hall–Kier alpha value is -1.73. The topological polar surface area (TPSA) is 104 Å². The molecule has 7 heteroatoms. The van der Waals surface area contributed by atoms with Gasteiger partial charge in [-0.1, -0.05) is 0 Å². The molecule has 1 atom stereocenters. The van der Waals surface area contributed by atoms with Crippen LogP contribution < -0.4 is 11.3 Å². The van der Waals surface area contributed by atoms with E-state index < -0.39 is 0 Å². The van der Waals surface area contributed by atoms with Crippen LogP contribution in [0.1, 0.15) is 30.3 Å². The minimum atomic E-state index is -0.313. The van der Waals surface area contributed by atoms with E-state index in [9.17, 15) is 9.90 Å². The second-order valence-corrected chi connectivity index (χ2v) is 4.82. The Morgan fingerprint density at radius 2 is 2.16 bits per heavy atom. The number of piperidine rings is 1. The number of hydrogen-bond acceptors (Lipinski definition) is 6. The van der Waals surface area contributed by atoms with E-state index in [1.807, 2.05) is 0 Å². The standard InChI is InChI=1S/C12H19N5O2/c1-8(18)9-4-6-17(7-5-9)12(19)10-2-3-11(14-13)16-15-10/h2-3,8-9,18H,4-7,13H2,1H3,(H,14,16). The molecule has 2 rings (SSSR count). The van der Waals surface area contributed by atoms with Gasteiger partial charge in [0.15, 0.2) is 11.5 Å². The van der Waals surface area contributed by atoms with Crippen molar-refractivity contribution < 1.29 is 9.90 Å². The van der Waals surface area contributed by atoms with Gasteiger partial charge in [0.05, 0.1) is 6.10 Å². The first-order valence-corrected chi connectivity index (χ1v) is 6.39. The van der Waals surface area contributed by atoms with Gasteiger partial charge in [-0.3, -0.25) is 4.79 Å². The molecule has 104 valence electrons. The second kappa shape index (κ2) is 5.94. The van der Waals surface area contributed by atoms with Gasteiger partial charge in [-0.2, -0.15) is 0 Å². The number of hydrazine groups is 1. The zero-order valence-electron chi connectivity index (χ0n) is 10.9. The summed E-state index contributed by atoms with van der Waals surface area (Å²) >= 11 is 0. The summed E-state index contributed by atoms with van der Waals surface area (Å²) < 4.78 is 0. The van der Waals surface area contributed by atoms with E-state index in [-0.39, 0.29) is 17.9 Å². The third-order valence-corrected chi connectivity index (χ3v) is 3.54. The summed E-state index contributed by atoms with van der Waals surface area (Å²) in [6.07, 6.45) is 1.32. The smallest absolute Gasteiger partial charge is 0.274 e. The third-order valence-electron chi connectivity index (χ3n) is 3.54. The largest absolute Gasteiger partial charge is 0.393 e. The van der Waals surface area contributed by atoms with E-state index >= 15 is 0 Å². The number of anilines is 1. The van der Waals surface area contributed by atoms with Crippen LogP contribution in [-0.4, -0.2) is 45.3 Å². The van der Waals surface area contributed by atoms with Crippen LogP contribution in [0, 0.1) is 5.92 Å². The average Bonchev–Trinajstić information content (AvgIpc) is 2.46. The number of aliphatic hydroxyl groups is 1. The van der Waals surface area contributed by atoms with Crippen molar-refractivity contribution in [2.75, 3.05) is 18.5 Å². The Bertz CT molecular complexity index is 426. The number of carbonyl (C=O) groups is 1. The molecule has 1 aliphatic rings. The zero-order chi connectivity index (χ0) is 13.8. The lowest BCUT2D eigenvalue weighted by Crippen LogP contribution is -2.41. The number of nitrogens with one attached hydrogen (secondary N) is 1. The summed E-state index contributed by atoms with van der Waals surface area (Å²) in [4.78, 5) is 13.9. The predicted molar refractivity (Wildman–Crippen MR) is 70.2 cm³/mol. The number of nitrogen functional groups attached to an aromatic ring is 1. The predicted octanol–water partition coefficient (Wildman–Crippen LogP) is -0.00480. The molecule has 0 radical (unpaired) electrons. The van der Waals surface area contributed by atoms with Gasteiger partial charge in [-0.15, -0.1) is 10.2 Å². The molecule has 1 amide bonds. The Labute approximate surface area is 111 Å². The van der Waals surface area contributed by atoms with E-state index in [2.05, 4.69) is 15.6 Å². The highest BCUT2D eigenvalue weighted by Crippen LogP contribution is 2.21. The van der Waals surface area contributed by atoms with Crippen LogP contribution in [0.5, 0.6) is 0 Å². The molecule has 19 heavy (non-hydrogen) atoms. The molecule has 1 saturated heterocycles. The number of aromatic nitrogens is 2. The normalized spacial score (nSPS) is 18.2. The lowest BCUT2D eigenvalue weighted by atomic mass is 9.92. The molecule has 1 aliphatic heterocycles. The fraction of sp³-hybridized carbons (Fsp3) is 0.583. The molecule has 4 N–H and O–H groups in total. The Balaban J connectivity index is 1.97. The van der Waals surface area contributed by atoms with E-state index in [1.165, 1.54) is 0 Å². The van der Waals surface area contributed by atoms with Crippen LogP contribution in [0.25, 0.3) is 0 Å². The maximum Gasteiger partial charge on any atom is 0.274 e. The molecule has 1 aromatic heterocycles. The van der Waals surface area contributed by atoms with Crippen molar-refractivity contribution in [1.82, 2.24) is 15.1 Å². The van der Waals surface area contributed by atoms with Crippen LogP contribution in [0.3, 0.4) is 0 Å². The second-order valence-electron chi connectivity index (χ2n) is 4.82. The molecule has 7 nitrogen and oxygen atoms in total. The highest BCUT2D eigenvalue weighted by Gasteiger charge is 2.26. The molecule has 1 fully saturated rings. The molecule has 0 saturated carbocycles. The van der Waals surface area contributed by atoms with Crippen molar-refractivity contribution in [2.24, 2.45) is 11.8 Å². The molecule has 0 bridgehead atoms. The van der Waals surface area contributed by atoms with Gasteiger partial charge < -0.3 is 15.4 Å². The molecule has 2 heterocycles. The van der Waals surface area contributed by atoms with Crippen molar-refractivity contribution in [3.8, 4) is 0 Å². The Morgan fingerprint density at radius 3 is 2.63 bits per heavy atom. The van der Waals surface area contributed by atoms with E-state index in [0.29, 0.717) is 24.6 Å². The van der Waals surface area contributed by atoms with Crippen LogP contribution in [0.2, 0.25) is 0 Å². The van der Waals surface area contributed by atoms with Crippen molar-refractivity contribution in [3.05, 3.63) is 17.8 Å². The first-order valence-electron chi connectivity index (χ1n) is 6.39. The summed E-state index contributed by atoms with van der Waals surface area (Å²) in [5.74, 6) is 5.76. The molecular formula is C12H19N5O2. The van der Waals surface area contributed by atoms with Gasteiger partial charge in [0.25, 0.3) is 5.91 Å². The highest BCUT2D eigenvalue weighted by atomic mass is 16.3. The highest BCUT2D eigenvalue weighted by molar-refractivity contribution is 5.92. The van der Waals surface area contributed by atoms with Crippen LogP contribution >= 0.6 is 0 Å². The number of nitrogens with two attached hydrogens (primary N) is 1. The molecule has 0 aliphatic carbocycles. The number of rotatable bonds is 3. The average molecular weight is 265 g/mol. The molecule has 1 aromatic rings. The SMILES string of the molecule is CC(O)C1CCN(C(=O)c2ccc(NN)nn2)CC1. The van der Waals surface area contributed by atoms with Crippen molar-refractivity contribution >= 4 is 11.7 Å². The first kappa shape index (κ1) is 13.7. The number of likely N-dealkylation sites (tertiary alicyclic amines) is 1. The van der Waals surface area contributed by atoms with Gasteiger partial charge in [-0.25, -0.2) is 5.84 Å². The van der Waals surface area contributed by atoms with Gasteiger partial charge in [0, 0.05) is 13.1 Å². The van der Waals surface area contributed by atoms with E-state index in [1.54, 1.807) is 24.0 Å². The van der Waals surface area contributed by atoms with Gasteiger partial charge in [-0.05, 0) is 37.8 Å².